The van der Waals surface area contributed by atoms with E-state index in [1.807, 2.05) is 30.3 Å². The summed E-state index contributed by atoms with van der Waals surface area (Å²) < 4.78 is 16.5. The Balaban J connectivity index is 1.64. The molecule has 0 saturated carbocycles. The molecule has 1 saturated heterocycles. The van der Waals surface area contributed by atoms with Crippen molar-refractivity contribution in [2.45, 2.75) is 0 Å². The highest BCUT2D eigenvalue weighted by Gasteiger charge is 2.34. The van der Waals surface area contributed by atoms with Crippen LogP contribution in [-0.4, -0.2) is 31.1 Å². The first-order chi connectivity index (χ1) is 16.0. The van der Waals surface area contributed by atoms with E-state index >= 15 is 0 Å². The highest BCUT2D eigenvalue weighted by molar-refractivity contribution is 7.80. The number of ether oxygens (including phenoxy) is 3. The minimum Gasteiger partial charge on any atom is -0.493 e. The van der Waals surface area contributed by atoms with Crippen LogP contribution in [0.5, 0.6) is 23.0 Å². The summed E-state index contributed by atoms with van der Waals surface area (Å²) in [5.74, 6) is 1.05. The van der Waals surface area contributed by atoms with E-state index in [0.29, 0.717) is 34.2 Å². The number of para-hydroxylation sites is 2. The average molecular weight is 461 g/mol. The monoisotopic (exact) mass is 460 g/mol. The maximum atomic E-state index is 13.3. The lowest BCUT2D eigenvalue weighted by Gasteiger charge is -2.29. The van der Waals surface area contributed by atoms with Crippen molar-refractivity contribution >= 4 is 40.9 Å². The van der Waals surface area contributed by atoms with Crippen LogP contribution in [0.2, 0.25) is 0 Å². The van der Waals surface area contributed by atoms with Gasteiger partial charge in [-0.3, -0.25) is 19.8 Å². The van der Waals surface area contributed by atoms with Gasteiger partial charge in [0.1, 0.15) is 17.1 Å². The fourth-order valence-corrected chi connectivity index (χ4v) is 3.64. The lowest BCUT2D eigenvalue weighted by molar-refractivity contribution is -0.122. The Morgan fingerprint density at radius 1 is 0.848 bits per heavy atom. The second-order valence-corrected chi connectivity index (χ2v) is 7.34. The van der Waals surface area contributed by atoms with Crippen LogP contribution in [0, 0.1) is 0 Å². The Hall–Kier alpha value is -4.17. The zero-order chi connectivity index (χ0) is 23.4. The van der Waals surface area contributed by atoms with Crippen LogP contribution >= 0.6 is 12.2 Å². The number of benzene rings is 3. The normalized spacial score (nSPS) is 14.8. The number of carbonyl (C=O) groups excluding carboxylic acids is 2. The van der Waals surface area contributed by atoms with Crippen LogP contribution in [0.15, 0.2) is 78.4 Å². The summed E-state index contributed by atoms with van der Waals surface area (Å²) in [5.41, 5.74) is 0.934. The number of anilines is 1. The van der Waals surface area contributed by atoms with Crippen molar-refractivity contribution in [3.8, 4) is 23.0 Å². The fourth-order valence-electron chi connectivity index (χ4n) is 3.36. The third-order valence-electron chi connectivity index (χ3n) is 4.91. The first kappa shape index (κ1) is 22.0. The predicted molar refractivity (Wildman–Crippen MR) is 129 cm³/mol. The van der Waals surface area contributed by atoms with E-state index in [9.17, 15) is 9.59 Å². The smallest absolute Gasteiger partial charge is 0.270 e. The molecule has 3 aromatic carbocycles. The van der Waals surface area contributed by atoms with Gasteiger partial charge in [0, 0.05) is 5.56 Å². The highest BCUT2D eigenvalue weighted by Crippen LogP contribution is 2.33. The van der Waals surface area contributed by atoms with Crippen LogP contribution in [0.1, 0.15) is 5.56 Å². The summed E-state index contributed by atoms with van der Waals surface area (Å²) >= 11 is 5.28. The summed E-state index contributed by atoms with van der Waals surface area (Å²) in [7, 11) is 3.00. The summed E-state index contributed by atoms with van der Waals surface area (Å²) in [4.78, 5) is 27.2. The van der Waals surface area contributed by atoms with Crippen molar-refractivity contribution in [2.75, 3.05) is 19.1 Å². The van der Waals surface area contributed by atoms with Gasteiger partial charge in [0.25, 0.3) is 11.8 Å². The predicted octanol–water partition coefficient (Wildman–Crippen LogP) is 4.33. The first-order valence-electron chi connectivity index (χ1n) is 9.97. The number of nitrogens with one attached hydrogen (secondary N) is 1. The van der Waals surface area contributed by atoms with E-state index in [4.69, 9.17) is 26.4 Å². The fraction of sp³-hybridized carbons (Fsp3) is 0.0800. The number of hydrogen-bond acceptors (Lipinski definition) is 6. The van der Waals surface area contributed by atoms with Gasteiger partial charge in [-0.1, -0.05) is 30.3 Å². The van der Waals surface area contributed by atoms with Gasteiger partial charge in [-0.25, -0.2) is 0 Å². The topological polar surface area (TPSA) is 77.1 Å². The van der Waals surface area contributed by atoms with Crippen LogP contribution in [0.25, 0.3) is 6.08 Å². The molecule has 166 valence electrons. The molecule has 0 unspecified atom stereocenters. The molecule has 0 spiro atoms. The minimum atomic E-state index is -0.588. The van der Waals surface area contributed by atoms with Gasteiger partial charge >= 0.3 is 0 Å². The molecule has 2 amide bonds. The molecule has 1 aliphatic rings. The molecule has 0 aliphatic carbocycles. The highest BCUT2D eigenvalue weighted by atomic mass is 32.1. The Kier molecular flexibility index (Phi) is 6.37. The van der Waals surface area contributed by atoms with E-state index < -0.39 is 11.8 Å². The number of carbonyl (C=O) groups is 2. The molecule has 4 rings (SSSR count). The Labute approximate surface area is 196 Å². The van der Waals surface area contributed by atoms with Crippen molar-refractivity contribution in [3.05, 3.63) is 83.9 Å². The summed E-state index contributed by atoms with van der Waals surface area (Å²) in [6.45, 7) is 0. The molecular formula is C25H20N2O5S. The molecule has 0 atom stereocenters. The van der Waals surface area contributed by atoms with Gasteiger partial charge in [0.2, 0.25) is 0 Å². The van der Waals surface area contributed by atoms with E-state index in [1.54, 1.807) is 42.5 Å². The zero-order valence-electron chi connectivity index (χ0n) is 17.9. The number of thiocarbonyl (C=S) groups is 1. The SMILES string of the molecule is COc1cccc(/C=C2\C(=O)NC(=S)N(c3ccc(Oc4ccccc4)cc3)C2=O)c1OC. The molecule has 7 nitrogen and oxygen atoms in total. The molecule has 33 heavy (non-hydrogen) atoms. The molecule has 0 aromatic heterocycles. The van der Waals surface area contributed by atoms with Crippen LogP contribution < -0.4 is 24.4 Å². The first-order valence-corrected chi connectivity index (χ1v) is 10.4. The zero-order valence-corrected chi connectivity index (χ0v) is 18.7. The standard InChI is InChI=1S/C25H20N2O5S/c1-30-21-10-6-7-16(22(21)31-2)15-20-23(28)26-25(33)27(24(20)29)17-11-13-19(14-12-17)32-18-8-4-3-5-9-18/h3-15H,1-2H3,(H,26,28,33)/b20-15+. The summed E-state index contributed by atoms with van der Waals surface area (Å²) in [6.07, 6.45) is 1.46. The van der Waals surface area contributed by atoms with Gasteiger partial charge < -0.3 is 14.2 Å². The maximum absolute atomic E-state index is 13.3. The maximum Gasteiger partial charge on any atom is 0.270 e. The van der Waals surface area contributed by atoms with Crippen LogP contribution in [0.3, 0.4) is 0 Å². The van der Waals surface area contributed by atoms with Crippen molar-refractivity contribution in [1.29, 1.82) is 0 Å². The molecule has 0 bridgehead atoms. The molecule has 1 aliphatic heterocycles. The summed E-state index contributed by atoms with van der Waals surface area (Å²) in [6, 6.07) is 21.4. The van der Waals surface area contributed by atoms with E-state index in [0.717, 1.165) is 0 Å². The van der Waals surface area contributed by atoms with Crippen molar-refractivity contribution in [1.82, 2.24) is 5.32 Å². The van der Waals surface area contributed by atoms with Gasteiger partial charge in [0.05, 0.1) is 19.9 Å². The van der Waals surface area contributed by atoms with E-state index in [1.165, 1.54) is 25.2 Å². The number of amides is 2. The molecule has 1 N–H and O–H groups in total. The van der Waals surface area contributed by atoms with Crippen LogP contribution in [0.4, 0.5) is 5.69 Å². The molecule has 1 heterocycles. The van der Waals surface area contributed by atoms with Crippen molar-refractivity contribution in [2.24, 2.45) is 0 Å². The Morgan fingerprint density at radius 3 is 2.21 bits per heavy atom. The third kappa shape index (κ3) is 4.56. The Morgan fingerprint density at radius 2 is 1.55 bits per heavy atom. The summed E-state index contributed by atoms with van der Waals surface area (Å²) in [5, 5.41) is 2.57. The lowest BCUT2D eigenvalue weighted by atomic mass is 10.1. The molecular weight excluding hydrogens is 440 g/mol. The number of nitrogens with zero attached hydrogens (tertiary/aromatic N) is 1. The van der Waals surface area contributed by atoms with Crippen molar-refractivity contribution < 1.29 is 23.8 Å². The van der Waals surface area contributed by atoms with E-state index in [2.05, 4.69) is 5.32 Å². The quantitative estimate of drug-likeness (QED) is 0.335. The van der Waals surface area contributed by atoms with E-state index in [-0.39, 0.29) is 10.7 Å². The van der Waals surface area contributed by atoms with Gasteiger partial charge in [-0.05, 0) is 60.8 Å². The van der Waals surface area contributed by atoms with Crippen LogP contribution in [-0.2, 0) is 9.59 Å². The minimum absolute atomic E-state index is 0.00325. The largest absolute Gasteiger partial charge is 0.493 e. The number of hydrogen-bond donors (Lipinski definition) is 1. The number of rotatable bonds is 6. The van der Waals surface area contributed by atoms with Crippen molar-refractivity contribution in [3.63, 3.8) is 0 Å². The second kappa shape index (κ2) is 9.54. The number of methoxy groups -OCH3 is 2. The average Bonchev–Trinajstić information content (AvgIpc) is 2.83. The lowest BCUT2D eigenvalue weighted by Crippen LogP contribution is -2.54. The molecule has 3 aromatic rings. The molecule has 8 heteroatoms. The molecule has 0 radical (unpaired) electrons. The van der Waals surface area contributed by atoms with Gasteiger partial charge in [-0.2, -0.15) is 0 Å². The second-order valence-electron chi connectivity index (χ2n) is 6.95. The molecule has 1 fully saturated rings. The third-order valence-corrected chi connectivity index (χ3v) is 5.19. The Bertz CT molecular complexity index is 1240. The van der Waals surface area contributed by atoms with Gasteiger partial charge in [-0.15, -0.1) is 0 Å². The van der Waals surface area contributed by atoms with Gasteiger partial charge in [0.15, 0.2) is 16.6 Å².